The number of aliphatic carboxylic acids is 1. The van der Waals surface area contributed by atoms with Gasteiger partial charge in [-0.3, -0.25) is 9.78 Å². The van der Waals surface area contributed by atoms with Crippen molar-refractivity contribution in [1.29, 1.82) is 0 Å². The summed E-state index contributed by atoms with van der Waals surface area (Å²) in [7, 11) is 1.58. The number of ether oxygens (including phenoxy) is 1. The van der Waals surface area contributed by atoms with Crippen LogP contribution in [0, 0.1) is 5.92 Å². The average molecular weight is 497 g/mol. The number of carboxylic acids is 1. The Bertz CT molecular complexity index is 1060. The smallest absolute Gasteiger partial charge is 0.330 e. The van der Waals surface area contributed by atoms with Gasteiger partial charge in [0.05, 0.1) is 0 Å². The number of carboxylic acid groups (broad SMARTS) is 1. The van der Waals surface area contributed by atoms with Gasteiger partial charge in [-0.2, -0.15) is 0 Å². The molecule has 6 nitrogen and oxygen atoms in total. The fourth-order valence-electron chi connectivity index (χ4n) is 3.52. The number of methoxy groups -OCH3 is 1. The largest absolute Gasteiger partial charge is 0.479 e. The van der Waals surface area contributed by atoms with Gasteiger partial charge in [0, 0.05) is 36.5 Å². The van der Waals surface area contributed by atoms with Crippen LogP contribution in [0.3, 0.4) is 0 Å². The molecular formula is C25H25BrN2O4. The summed E-state index contributed by atoms with van der Waals surface area (Å²) in [6.45, 7) is 0.404. The van der Waals surface area contributed by atoms with Gasteiger partial charge in [0.15, 0.2) is 6.04 Å². The number of hydrogen-bond donors (Lipinski definition) is 2. The van der Waals surface area contributed by atoms with E-state index in [4.69, 9.17) is 4.74 Å². The predicted molar refractivity (Wildman–Crippen MR) is 126 cm³/mol. The molecule has 0 radical (unpaired) electrons. The van der Waals surface area contributed by atoms with Crippen LogP contribution in [0.5, 0.6) is 0 Å². The van der Waals surface area contributed by atoms with Crippen LogP contribution in [0.2, 0.25) is 0 Å². The van der Waals surface area contributed by atoms with Gasteiger partial charge in [-0.15, -0.1) is 0 Å². The summed E-state index contributed by atoms with van der Waals surface area (Å²) in [6.07, 6.45) is 4.33. The van der Waals surface area contributed by atoms with Crippen molar-refractivity contribution >= 4 is 27.8 Å². The van der Waals surface area contributed by atoms with E-state index in [1.807, 2.05) is 42.5 Å². The predicted octanol–water partition coefficient (Wildman–Crippen LogP) is 4.65. The van der Waals surface area contributed by atoms with E-state index in [2.05, 4.69) is 26.2 Å². The Kier molecular flexibility index (Phi) is 8.53. The molecule has 32 heavy (non-hydrogen) atoms. The molecule has 0 saturated heterocycles. The van der Waals surface area contributed by atoms with Crippen LogP contribution in [0.25, 0.3) is 11.1 Å². The molecule has 2 aromatic carbocycles. The zero-order chi connectivity index (χ0) is 22.9. The topological polar surface area (TPSA) is 88.5 Å². The number of pyridine rings is 1. The molecule has 0 saturated carbocycles. The molecule has 2 atom stereocenters. The third-order valence-corrected chi connectivity index (χ3v) is 5.67. The lowest BCUT2D eigenvalue weighted by atomic mass is 9.94. The van der Waals surface area contributed by atoms with Crippen LogP contribution >= 0.6 is 15.9 Å². The molecule has 0 aliphatic carbocycles. The maximum absolute atomic E-state index is 13.1. The van der Waals surface area contributed by atoms with Crippen LogP contribution < -0.4 is 5.32 Å². The lowest BCUT2D eigenvalue weighted by Crippen LogP contribution is -2.39. The first-order valence-electron chi connectivity index (χ1n) is 10.2. The molecule has 0 spiro atoms. The zero-order valence-electron chi connectivity index (χ0n) is 17.7. The van der Waals surface area contributed by atoms with Crippen LogP contribution in [0.1, 0.15) is 23.6 Å². The molecule has 3 aromatic rings. The fourth-order valence-corrected chi connectivity index (χ4v) is 3.97. The van der Waals surface area contributed by atoms with E-state index in [9.17, 15) is 14.7 Å². The fraction of sp³-hybridized carbons (Fsp3) is 0.240. The molecule has 0 aliphatic rings. The number of halogens is 1. The molecule has 3 rings (SSSR count). The normalized spacial score (nSPS) is 12.7. The molecular weight excluding hydrogens is 472 g/mol. The monoisotopic (exact) mass is 496 g/mol. The van der Waals surface area contributed by atoms with E-state index in [0.717, 1.165) is 21.2 Å². The number of carbonyl (C=O) groups is 2. The summed E-state index contributed by atoms with van der Waals surface area (Å²) >= 11 is 3.45. The lowest BCUT2D eigenvalue weighted by Gasteiger charge is -2.21. The molecule has 0 bridgehead atoms. The molecule has 1 aromatic heterocycles. The van der Waals surface area contributed by atoms with Crippen molar-refractivity contribution in [3.8, 4) is 11.1 Å². The molecule has 0 fully saturated rings. The first-order valence-corrected chi connectivity index (χ1v) is 11.0. The van der Waals surface area contributed by atoms with Gasteiger partial charge in [-0.05, 0) is 65.4 Å². The first kappa shape index (κ1) is 23.6. The van der Waals surface area contributed by atoms with E-state index in [-0.39, 0.29) is 5.91 Å². The maximum Gasteiger partial charge on any atom is 0.330 e. The molecule has 1 heterocycles. The number of amides is 1. The van der Waals surface area contributed by atoms with E-state index in [0.29, 0.717) is 25.0 Å². The van der Waals surface area contributed by atoms with Gasteiger partial charge < -0.3 is 15.2 Å². The van der Waals surface area contributed by atoms with E-state index < -0.39 is 17.9 Å². The standard InChI is InChI=1S/C25H25BrN2O4/c1-32-13-10-21(14-17-4-2-7-22(26)15-17)24(29)28-23(25(30)31)20-6-3-5-19(16-20)18-8-11-27-12-9-18/h2-9,11-12,15-16,21,23H,10,13-14H2,1H3,(H,28,29)(H,30,31). The second-order valence-corrected chi connectivity index (χ2v) is 8.37. The summed E-state index contributed by atoms with van der Waals surface area (Å²) < 4.78 is 6.10. The number of carbonyl (C=O) groups excluding carboxylic acids is 1. The molecule has 1 amide bonds. The highest BCUT2D eigenvalue weighted by molar-refractivity contribution is 9.10. The third kappa shape index (κ3) is 6.48. The third-order valence-electron chi connectivity index (χ3n) is 5.18. The van der Waals surface area contributed by atoms with Crippen molar-refractivity contribution in [3.63, 3.8) is 0 Å². The van der Waals surface area contributed by atoms with Crippen molar-refractivity contribution < 1.29 is 19.4 Å². The SMILES string of the molecule is COCCC(Cc1cccc(Br)c1)C(=O)NC(C(=O)O)c1cccc(-c2ccncc2)c1. The highest BCUT2D eigenvalue weighted by atomic mass is 79.9. The van der Waals surface area contributed by atoms with E-state index >= 15 is 0 Å². The van der Waals surface area contributed by atoms with Crippen molar-refractivity contribution in [1.82, 2.24) is 10.3 Å². The summed E-state index contributed by atoms with van der Waals surface area (Å²) in [5, 5.41) is 12.6. The molecule has 166 valence electrons. The van der Waals surface area contributed by atoms with Crippen molar-refractivity contribution in [2.45, 2.75) is 18.9 Å². The maximum atomic E-state index is 13.1. The minimum Gasteiger partial charge on any atom is -0.479 e. The number of hydrogen-bond acceptors (Lipinski definition) is 4. The van der Waals surface area contributed by atoms with Crippen molar-refractivity contribution in [2.75, 3.05) is 13.7 Å². The minimum atomic E-state index is -1.16. The lowest BCUT2D eigenvalue weighted by molar-refractivity contribution is -0.142. The number of aromatic nitrogens is 1. The number of nitrogens with one attached hydrogen (secondary N) is 1. The molecule has 2 N–H and O–H groups in total. The number of benzene rings is 2. The van der Waals surface area contributed by atoms with Gasteiger partial charge in [0.25, 0.3) is 0 Å². The van der Waals surface area contributed by atoms with E-state index in [1.165, 1.54) is 0 Å². The Morgan fingerprint density at radius 3 is 2.50 bits per heavy atom. The zero-order valence-corrected chi connectivity index (χ0v) is 19.3. The van der Waals surface area contributed by atoms with E-state index in [1.54, 1.807) is 37.7 Å². The summed E-state index contributed by atoms with van der Waals surface area (Å²) in [5.41, 5.74) is 3.27. The Hall–Kier alpha value is -3.03. The first-order chi connectivity index (χ1) is 15.5. The van der Waals surface area contributed by atoms with Gasteiger partial charge in [-0.1, -0.05) is 46.3 Å². The quantitative estimate of drug-likeness (QED) is 0.426. The summed E-state index contributed by atoms with van der Waals surface area (Å²) in [6, 6.07) is 17.5. The summed E-state index contributed by atoms with van der Waals surface area (Å²) in [5.74, 6) is -1.85. The molecule has 7 heteroatoms. The second kappa shape index (κ2) is 11.5. The highest BCUT2D eigenvalue weighted by Crippen LogP contribution is 2.24. The number of nitrogens with zero attached hydrogens (tertiary/aromatic N) is 1. The van der Waals surface area contributed by atoms with Gasteiger partial charge in [-0.25, -0.2) is 4.79 Å². The van der Waals surface area contributed by atoms with Crippen molar-refractivity contribution in [2.24, 2.45) is 5.92 Å². The van der Waals surface area contributed by atoms with Gasteiger partial charge >= 0.3 is 5.97 Å². The van der Waals surface area contributed by atoms with Gasteiger partial charge in [0.1, 0.15) is 0 Å². The second-order valence-electron chi connectivity index (χ2n) is 7.45. The van der Waals surface area contributed by atoms with Crippen LogP contribution in [-0.4, -0.2) is 35.7 Å². The molecule has 0 aliphatic heterocycles. The summed E-state index contributed by atoms with van der Waals surface area (Å²) in [4.78, 5) is 29.2. The van der Waals surface area contributed by atoms with Crippen molar-refractivity contribution in [3.05, 3.63) is 88.7 Å². The van der Waals surface area contributed by atoms with Gasteiger partial charge in [0.2, 0.25) is 5.91 Å². The Balaban J connectivity index is 1.81. The Morgan fingerprint density at radius 2 is 1.81 bits per heavy atom. The average Bonchev–Trinajstić information content (AvgIpc) is 2.80. The van der Waals surface area contributed by atoms with Crippen LogP contribution in [-0.2, 0) is 20.7 Å². The Morgan fingerprint density at radius 1 is 1.06 bits per heavy atom. The highest BCUT2D eigenvalue weighted by Gasteiger charge is 2.27. The number of rotatable bonds is 10. The Labute approximate surface area is 195 Å². The van der Waals surface area contributed by atoms with Crippen LogP contribution in [0.4, 0.5) is 0 Å². The minimum absolute atomic E-state index is 0.316. The van der Waals surface area contributed by atoms with Crippen LogP contribution in [0.15, 0.2) is 77.5 Å². The molecule has 2 unspecified atom stereocenters.